The second kappa shape index (κ2) is 12.7. The zero-order valence-corrected chi connectivity index (χ0v) is 14.9. The third-order valence-electron chi connectivity index (χ3n) is 4.17. The number of nitrogens with zero attached hydrogens (tertiary/aromatic N) is 2. The number of guanidine groups is 1. The van der Waals surface area contributed by atoms with Crippen LogP contribution in [0.25, 0.3) is 0 Å². The fraction of sp³-hybridized carbons (Fsp3) is 0.941. The summed E-state index contributed by atoms with van der Waals surface area (Å²) in [6.07, 6.45) is 6.19. The summed E-state index contributed by atoms with van der Waals surface area (Å²) in [5.74, 6) is 0.959. The first-order chi connectivity index (χ1) is 10.8. The van der Waals surface area contributed by atoms with E-state index in [1.165, 1.54) is 25.8 Å². The van der Waals surface area contributed by atoms with E-state index in [1.54, 1.807) is 0 Å². The molecule has 0 saturated carbocycles. The lowest BCUT2D eigenvalue weighted by Gasteiger charge is -2.33. The van der Waals surface area contributed by atoms with Gasteiger partial charge in [0.05, 0.1) is 6.54 Å². The molecule has 22 heavy (non-hydrogen) atoms. The molecule has 1 rings (SSSR count). The van der Waals surface area contributed by atoms with Crippen molar-refractivity contribution in [1.29, 1.82) is 0 Å². The van der Waals surface area contributed by atoms with Crippen LogP contribution in [0.3, 0.4) is 0 Å². The van der Waals surface area contributed by atoms with Gasteiger partial charge in [0.25, 0.3) is 0 Å². The average Bonchev–Trinajstić information content (AvgIpc) is 2.56. The van der Waals surface area contributed by atoms with Crippen LogP contribution in [0, 0.1) is 0 Å². The predicted molar refractivity (Wildman–Crippen MR) is 94.6 cm³/mol. The third kappa shape index (κ3) is 7.99. The van der Waals surface area contributed by atoms with Crippen LogP contribution in [0.2, 0.25) is 0 Å². The molecular formula is C17H36N4O. The lowest BCUT2D eigenvalue weighted by molar-refractivity contribution is 0.143. The number of nitrogens with one attached hydrogen (secondary N) is 2. The standard InChI is InChI=1S/C17H36N4O/c1-4-18-17(19-12-8-10-14-22-6-3)20-15-16-11-7-9-13-21(16)5-2/h16H,4-15H2,1-3H3,(H2,18,19,20). The molecule has 2 N–H and O–H groups in total. The zero-order chi connectivity index (χ0) is 16.0. The molecule has 1 saturated heterocycles. The summed E-state index contributed by atoms with van der Waals surface area (Å²) in [7, 11) is 0. The highest BCUT2D eigenvalue weighted by Crippen LogP contribution is 2.16. The van der Waals surface area contributed by atoms with Crippen molar-refractivity contribution < 1.29 is 4.74 Å². The van der Waals surface area contributed by atoms with E-state index in [2.05, 4.69) is 29.4 Å². The van der Waals surface area contributed by atoms with E-state index in [-0.39, 0.29) is 0 Å². The summed E-state index contributed by atoms with van der Waals surface area (Å²) in [6, 6.07) is 0.618. The molecule has 1 aliphatic heterocycles. The van der Waals surface area contributed by atoms with Gasteiger partial charge in [-0.1, -0.05) is 13.3 Å². The second-order valence-electron chi connectivity index (χ2n) is 5.83. The molecule has 5 heteroatoms. The van der Waals surface area contributed by atoms with E-state index < -0.39 is 0 Å². The molecule has 1 heterocycles. The lowest BCUT2D eigenvalue weighted by atomic mass is 10.0. The van der Waals surface area contributed by atoms with Gasteiger partial charge < -0.3 is 15.4 Å². The minimum Gasteiger partial charge on any atom is -0.382 e. The highest BCUT2D eigenvalue weighted by atomic mass is 16.5. The van der Waals surface area contributed by atoms with Crippen LogP contribution in [-0.2, 0) is 4.74 Å². The molecule has 0 amide bonds. The highest BCUT2D eigenvalue weighted by molar-refractivity contribution is 5.79. The van der Waals surface area contributed by atoms with Gasteiger partial charge in [-0.25, -0.2) is 0 Å². The van der Waals surface area contributed by atoms with Gasteiger partial charge in [0, 0.05) is 32.3 Å². The molecular weight excluding hydrogens is 276 g/mol. The van der Waals surface area contributed by atoms with Crippen molar-refractivity contribution in [2.75, 3.05) is 45.9 Å². The summed E-state index contributed by atoms with van der Waals surface area (Å²) in [5.41, 5.74) is 0. The Balaban J connectivity index is 2.30. The van der Waals surface area contributed by atoms with E-state index in [0.29, 0.717) is 6.04 Å². The van der Waals surface area contributed by atoms with Gasteiger partial charge in [0.2, 0.25) is 0 Å². The van der Waals surface area contributed by atoms with E-state index in [9.17, 15) is 0 Å². The number of hydrogen-bond donors (Lipinski definition) is 2. The van der Waals surface area contributed by atoms with Gasteiger partial charge in [-0.2, -0.15) is 0 Å². The van der Waals surface area contributed by atoms with Crippen molar-refractivity contribution in [1.82, 2.24) is 15.5 Å². The number of hydrogen-bond acceptors (Lipinski definition) is 3. The number of likely N-dealkylation sites (N-methyl/N-ethyl adjacent to an activating group) is 1. The Kier molecular flexibility index (Phi) is 11.1. The van der Waals surface area contributed by atoms with E-state index in [1.807, 2.05) is 6.92 Å². The monoisotopic (exact) mass is 312 g/mol. The molecule has 0 aromatic heterocycles. The van der Waals surface area contributed by atoms with E-state index >= 15 is 0 Å². The van der Waals surface area contributed by atoms with Crippen LogP contribution >= 0.6 is 0 Å². The Morgan fingerprint density at radius 3 is 2.77 bits per heavy atom. The minimum atomic E-state index is 0.618. The van der Waals surface area contributed by atoms with Gasteiger partial charge in [-0.05, 0) is 52.6 Å². The summed E-state index contributed by atoms with van der Waals surface area (Å²) in [5, 5.41) is 6.78. The third-order valence-corrected chi connectivity index (χ3v) is 4.17. The first-order valence-electron chi connectivity index (χ1n) is 9.15. The van der Waals surface area contributed by atoms with Gasteiger partial charge in [-0.15, -0.1) is 0 Å². The molecule has 1 atom stereocenters. The van der Waals surface area contributed by atoms with Crippen molar-refractivity contribution in [3.63, 3.8) is 0 Å². The van der Waals surface area contributed by atoms with Crippen LogP contribution in [0.5, 0.6) is 0 Å². The normalized spacial score (nSPS) is 20.1. The number of rotatable bonds is 10. The molecule has 130 valence electrons. The van der Waals surface area contributed by atoms with Crippen LogP contribution < -0.4 is 10.6 Å². The molecule has 0 aromatic rings. The average molecular weight is 313 g/mol. The van der Waals surface area contributed by atoms with Gasteiger partial charge in [0.1, 0.15) is 0 Å². The summed E-state index contributed by atoms with van der Waals surface area (Å²) in [4.78, 5) is 7.36. The largest absolute Gasteiger partial charge is 0.382 e. The van der Waals surface area contributed by atoms with Crippen LogP contribution in [-0.4, -0.2) is 62.8 Å². The van der Waals surface area contributed by atoms with Crippen molar-refractivity contribution >= 4 is 5.96 Å². The molecule has 5 nitrogen and oxygen atoms in total. The Hall–Kier alpha value is -0.810. The predicted octanol–water partition coefficient (Wildman–Crippen LogP) is 2.23. The van der Waals surface area contributed by atoms with Gasteiger partial charge in [-0.3, -0.25) is 9.89 Å². The van der Waals surface area contributed by atoms with Crippen molar-refractivity contribution in [3.05, 3.63) is 0 Å². The first-order valence-corrected chi connectivity index (χ1v) is 9.15. The molecule has 0 aliphatic carbocycles. The zero-order valence-electron chi connectivity index (χ0n) is 14.9. The van der Waals surface area contributed by atoms with Crippen molar-refractivity contribution in [3.8, 4) is 0 Å². The Morgan fingerprint density at radius 2 is 2.05 bits per heavy atom. The Bertz CT molecular complexity index is 296. The van der Waals surface area contributed by atoms with E-state index in [4.69, 9.17) is 9.73 Å². The van der Waals surface area contributed by atoms with E-state index in [0.717, 1.165) is 58.2 Å². The molecule has 1 fully saturated rings. The fourth-order valence-corrected chi connectivity index (χ4v) is 2.90. The smallest absolute Gasteiger partial charge is 0.191 e. The maximum atomic E-state index is 5.36. The summed E-state index contributed by atoms with van der Waals surface area (Å²) < 4.78 is 5.36. The molecule has 1 aliphatic rings. The lowest BCUT2D eigenvalue weighted by Crippen LogP contribution is -2.43. The first kappa shape index (κ1) is 19.2. The number of likely N-dealkylation sites (tertiary alicyclic amines) is 1. The Labute approximate surface area is 136 Å². The second-order valence-corrected chi connectivity index (χ2v) is 5.83. The number of aliphatic imine (C=N–C) groups is 1. The number of piperidine rings is 1. The molecule has 1 unspecified atom stereocenters. The number of unbranched alkanes of at least 4 members (excludes halogenated alkanes) is 1. The SMILES string of the molecule is CCNC(=NCC1CCCCN1CC)NCCCCOCC. The molecule has 0 bridgehead atoms. The van der Waals surface area contributed by atoms with Crippen LogP contribution in [0.1, 0.15) is 52.9 Å². The van der Waals surface area contributed by atoms with Crippen molar-refractivity contribution in [2.45, 2.75) is 58.9 Å². The minimum absolute atomic E-state index is 0.618. The summed E-state index contributed by atoms with van der Waals surface area (Å²) >= 11 is 0. The van der Waals surface area contributed by atoms with Crippen molar-refractivity contribution in [2.24, 2.45) is 4.99 Å². The fourth-order valence-electron chi connectivity index (χ4n) is 2.90. The quantitative estimate of drug-likeness (QED) is 0.369. The number of ether oxygens (including phenoxy) is 1. The summed E-state index contributed by atoms with van der Waals surface area (Å²) in [6.45, 7) is 13.2. The van der Waals surface area contributed by atoms with Gasteiger partial charge >= 0.3 is 0 Å². The topological polar surface area (TPSA) is 48.9 Å². The van der Waals surface area contributed by atoms with Gasteiger partial charge in [0.15, 0.2) is 5.96 Å². The maximum absolute atomic E-state index is 5.36. The molecule has 0 spiro atoms. The molecule has 0 aromatic carbocycles. The maximum Gasteiger partial charge on any atom is 0.191 e. The molecule has 0 radical (unpaired) electrons. The van der Waals surface area contributed by atoms with Crippen LogP contribution in [0.4, 0.5) is 0 Å². The highest BCUT2D eigenvalue weighted by Gasteiger charge is 2.20. The Morgan fingerprint density at radius 1 is 1.18 bits per heavy atom. The van der Waals surface area contributed by atoms with Crippen LogP contribution in [0.15, 0.2) is 4.99 Å².